The van der Waals surface area contributed by atoms with Crippen molar-refractivity contribution in [3.63, 3.8) is 0 Å². The second-order valence-electron chi connectivity index (χ2n) is 4.42. The van der Waals surface area contributed by atoms with E-state index in [1.165, 1.54) is 12.4 Å². The average molecular weight is 259 g/mol. The molecule has 1 aromatic heterocycles. The number of rotatable bonds is 5. The zero-order valence-corrected chi connectivity index (χ0v) is 10.3. The number of nitrogens with one attached hydrogen (secondary N) is 2. The van der Waals surface area contributed by atoms with E-state index in [-0.39, 0.29) is 23.3 Å². The molecule has 2 rings (SSSR count). The standard InChI is InChI=1S/C10H17N3O3S/c14-7-9-3-1-2-8(9)4-13-17(15,16)10-5-11-12-6-10/h5-6,8-9,13-14H,1-4,7H2,(H,11,12). The van der Waals surface area contributed by atoms with Crippen LogP contribution in [0.5, 0.6) is 0 Å². The number of aliphatic hydroxyl groups excluding tert-OH is 1. The number of nitrogens with zero attached hydrogens (tertiary/aromatic N) is 1. The van der Waals surface area contributed by atoms with Crippen LogP contribution in [0.4, 0.5) is 0 Å². The average Bonchev–Trinajstić information content (AvgIpc) is 2.97. The fourth-order valence-electron chi connectivity index (χ4n) is 2.31. The second kappa shape index (κ2) is 5.16. The number of hydrogen-bond acceptors (Lipinski definition) is 4. The van der Waals surface area contributed by atoms with Gasteiger partial charge in [-0.1, -0.05) is 6.42 Å². The minimum Gasteiger partial charge on any atom is -0.396 e. The minimum absolute atomic E-state index is 0.137. The molecule has 0 aliphatic heterocycles. The van der Waals surface area contributed by atoms with Crippen LogP contribution in [-0.4, -0.2) is 36.9 Å². The number of aliphatic hydroxyl groups is 1. The SMILES string of the molecule is O=S(=O)(NCC1CCCC1CO)c1cn[nH]c1. The Bertz CT molecular complexity index is 443. The Morgan fingerprint density at radius 3 is 2.88 bits per heavy atom. The Morgan fingerprint density at radius 1 is 1.47 bits per heavy atom. The fraction of sp³-hybridized carbons (Fsp3) is 0.700. The number of aromatic amines is 1. The highest BCUT2D eigenvalue weighted by molar-refractivity contribution is 7.89. The Hall–Kier alpha value is -0.920. The largest absolute Gasteiger partial charge is 0.396 e. The lowest BCUT2D eigenvalue weighted by Crippen LogP contribution is -2.31. The summed E-state index contributed by atoms with van der Waals surface area (Å²) in [7, 11) is -3.46. The molecule has 3 N–H and O–H groups in total. The molecule has 1 saturated carbocycles. The molecule has 0 amide bonds. The summed E-state index contributed by atoms with van der Waals surface area (Å²) in [5.41, 5.74) is 0. The first-order chi connectivity index (χ1) is 8.13. The lowest BCUT2D eigenvalue weighted by Gasteiger charge is -2.17. The number of hydrogen-bond donors (Lipinski definition) is 3. The highest BCUT2D eigenvalue weighted by Gasteiger charge is 2.28. The van der Waals surface area contributed by atoms with Crippen LogP contribution < -0.4 is 4.72 Å². The molecule has 2 unspecified atom stereocenters. The van der Waals surface area contributed by atoms with E-state index in [4.69, 9.17) is 5.11 Å². The van der Waals surface area contributed by atoms with Crippen molar-refractivity contribution < 1.29 is 13.5 Å². The molecule has 7 heteroatoms. The van der Waals surface area contributed by atoms with Crippen LogP contribution in [0, 0.1) is 11.8 Å². The molecule has 96 valence electrons. The quantitative estimate of drug-likeness (QED) is 0.698. The first-order valence-corrected chi connectivity index (χ1v) is 7.21. The Labute approximate surface area is 100 Å². The number of sulfonamides is 1. The summed E-state index contributed by atoms with van der Waals surface area (Å²) in [6.45, 7) is 0.525. The fourth-order valence-corrected chi connectivity index (χ4v) is 3.31. The molecule has 17 heavy (non-hydrogen) atoms. The van der Waals surface area contributed by atoms with Crippen LogP contribution in [0.15, 0.2) is 17.3 Å². The van der Waals surface area contributed by atoms with Gasteiger partial charge < -0.3 is 5.11 Å². The zero-order chi connectivity index (χ0) is 12.3. The van der Waals surface area contributed by atoms with Gasteiger partial charge in [0.2, 0.25) is 10.0 Å². The molecular formula is C10H17N3O3S. The normalized spacial score (nSPS) is 25.2. The first kappa shape index (κ1) is 12.5. The highest BCUT2D eigenvalue weighted by Crippen LogP contribution is 2.30. The predicted octanol–water partition coefficient (Wildman–Crippen LogP) is 0.0966. The molecule has 2 atom stereocenters. The summed E-state index contributed by atoms with van der Waals surface area (Å²) >= 11 is 0. The molecule has 0 radical (unpaired) electrons. The Balaban J connectivity index is 1.94. The lowest BCUT2D eigenvalue weighted by molar-refractivity contribution is 0.195. The van der Waals surface area contributed by atoms with E-state index in [0.717, 1.165) is 19.3 Å². The van der Waals surface area contributed by atoms with E-state index in [9.17, 15) is 8.42 Å². The third-order valence-electron chi connectivity index (χ3n) is 3.37. The van der Waals surface area contributed by atoms with Crippen molar-refractivity contribution in [2.45, 2.75) is 24.2 Å². The third-order valence-corrected chi connectivity index (χ3v) is 4.76. The Morgan fingerprint density at radius 2 is 2.24 bits per heavy atom. The maximum atomic E-state index is 11.8. The molecule has 1 aliphatic rings. The van der Waals surface area contributed by atoms with Gasteiger partial charge in [0.1, 0.15) is 4.90 Å². The molecule has 0 saturated heterocycles. The summed E-state index contributed by atoms with van der Waals surface area (Å²) < 4.78 is 26.2. The van der Waals surface area contributed by atoms with Crippen LogP contribution in [0.2, 0.25) is 0 Å². The van der Waals surface area contributed by atoms with Crippen molar-refractivity contribution in [3.05, 3.63) is 12.4 Å². The van der Waals surface area contributed by atoms with Gasteiger partial charge in [-0.15, -0.1) is 0 Å². The van der Waals surface area contributed by atoms with E-state index < -0.39 is 10.0 Å². The van der Waals surface area contributed by atoms with Gasteiger partial charge in [0.25, 0.3) is 0 Å². The van der Waals surface area contributed by atoms with Crippen molar-refractivity contribution >= 4 is 10.0 Å². The van der Waals surface area contributed by atoms with Crippen LogP contribution in [0.25, 0.3) is 0 Å². The van der Waals surface area contributed by atoms with E-state index in [1.807, 2.05) is 0 Å². The van der Waals surface area contributed by atoms with Gasteiger partial charge >= 0.3 is 0 Å². The maximum absolute atomic E-state index is 11.8. The van der Waals surface area contributed by atoms with Crippen molar-refractivity contribution in [3.8, 4) is 0 Å². The lowest BCUT2D eigenvalue weighted by atomic mass is 9.97. The topological polar surface area (TPSA) is 95.1 Å². The van der Waals surface area contributed by atoms with E-state index in [0.29, 0.717) is 6.54 Å². The van der Waals surface area contributed by atoms with Gasteiger partial charge in [-0.3, -0.25) is 5.10 Å². The molecule has 1 aliphatic carbocycles. The molecule has 0 aromatic carbocycles. The monoisotopic (exact) mass is 259 g/mol. The molecule has 0 spiro atoms. The van der Waals surface area contributed by atoms with Crippen molar-refractivity contribution in [1.82, 2.24) is 14.9 Å². The molecule has 1 aromatic rings. The van der Waals surface area contributed by atoms with Crippen LogP contribution in [-0.2, 0) is 10.0 Å². The Kier molecular flexibility index (Phi) is 3.80. The molecule has 1 fully saturated rings. The zero-order valence-electron chi connectivity index (χ0n) is 9.46. The van der Waals surface area contributed by atoms with Crippen LogP contribution in [0.3, 0.4) is 0 Å². The molecule has 6 nitrogen and oxygen atoms in total. The molecule has 1 heterocycles. The maximum Gasteiger partial charge on any atom is 0.243 e. The third kappa shape index (κ3) is 2.85. The molecular weight excluding hydrogens is 242 g/mol. The van der Waals surface area contributed by atoms with Gasteiger partial charge in [-0.2, -0.15) is 5.10 Å². The van der Waals surface area contributed by atoms with Crippen LogP contribution >= 0.6 is 0 Å². The first-order valence-electron chi connectivity index (χ1n) is 5.73. The van der Waals surface area contributed by atoms with Crippen molar-refractivity contribution in [1.29, 1.82) is 0 Å². The van der Waals surface area contributed by atoms with E-state index in [2.05, 4.69) is 14.9 Å². The molecule has 0 bridgehead atoms. The van der Waals surface area contributed by atoms with E-state index in [1.54, 1.807) is 0 Å². The van der Waals surface area contributed by atoms with Gasteiger partial charge in [-0.25, -0.2) is 13.1 Å². The summed E-state index contributed by atoms with van der Waals surface area (Å²) in [6.07, 6.45) is 5.64. The summed E-state index contributed by atoms with van der Waals surface area (Å²) in [4.78, 5) is 0.149. The predicted molar refractivity (Wildman–Crippen MR) is 61.7 cm³/mol. The highest BCUT2D eigenvalue weighted by atomic mass is 32.2. The summed E-state index contributed by atoms with van der Waals surface area (Å²) in [6, 6.07) is 0. The van der Waals surface area contributed by atoms with Crippen molar-refractivity contribution in [2.75, 3.05) is 13.2 Å². The van der Waals surface area contributed by atoms with Gasteiger partial charge in [-0.05, 0) is 24.7 Å². The van der Waals surface area contributed by atoms with Crippen LogP contribution in [0.1, 0.15) is 19.3 Å². The second-order valence-corrected chi connectivity index (χ2v) is 6.19. The summed E-state index contributed by atoms with van der Waals surface area (Å²) in [5.74, 6) is 0.462. The van der Waals surface area contributed by atoms with Crippen molar-refractivity contribution in [2.24, 2.45) is 11.8 Å². The minimum atomic E-state index is -3.46. The smallest absolute Gasteiger partial charge is 0.243 e. The van der Waals surface area contributed by atoms with E-state index >= 15 is 0 Å². The van der Waals surface area contributed by atoms with Gasteiger partial charge in [0.05, 0.1) is 6.20 Å². The summed E-state index contributed by atoms with van der Waals surface area (Å²) in [5, 5.41) is 15.2. The number of aromatic nitrogens is 2. The van der Waals surface area contributed by atoms with Gasteiger partial charge in [0, 0.05) is 19.3 Å². The van der Waals surface area contributed by atoms with Gasteiger partial charge in [0.15, 0.2) is 0 Å². The number of H-pyrrole nitrogens is 1.